The molecule has 0 aromatic rings. The molecule has 3 N–H and O–H groups in total. The second-order valence-electron chi connectivity index (χ2n) is 17.9. The number of rotatable bonds is 47. The van der Waals surface area contributed by atoms with Gasteiger partial charge in [-0.25, -0.2) is 0 Å². The summed E-state index contributed by atoms with van der Waals surface area (Å²) < 4.78 is 5.92. The number of esters is 1. The molecule has 0 aliphatic heterocycles. The fourth-order valence-electron chi connectivity index (χ4n) is 7.83. The van der Waals surface area contributed by atoms with Crippen LogP contribution >= 0.6 is 0 Å². The minimum atomic E-state index is -0.800. The molecular formula is C56H101NO5. The molecule has 0 aromatic carbocycles. The largest absolute Gasteiger partial charge is 0.462 e. The maximum Gasteiger partial charge on any atom is 0.306 e. The maximum atomic E-state index is 13.2. The van der Waals surface area contributed by atoms with E-state index in [1.54, 1.807) is 0 Å². The summed E-state index contributed by atoms with van der Waals surface area (Å²) in [7, 11) is 0. The molecule has 0 bridgehead atoms. The average molecular weight is 868 g/mol. The number of hydrogen-bond acceptors (Lipinski definition) is 5. The number of carbonyl (C=O) groups is 2. The van der Waals surface area contributed by atoms with Crippen LogP contribution in [0.15, 0.2) is 60.8 Å². The van der Waals surface area contributed by atoms with Gasteiger partial charge in [0.2, 0.25) is 5.91 Å². The van der Waals surface area contributed by atoms with Crippen molar-refractivity contribution < 1.29 is 24.5 Å². The quantitative estimate of drug-likeness (QED) is 0.0322. The molecule has 0 radical (unpaired) electrons. The number of unbranched alkanes of at least 4 members (excludes halogenated alkanes) is 25. The minimum Gasteiger partial charge on any atom is -0.462 e. The Morgan fingerprint density at radius 3 is 1.37 bits per heavy atom. The van der Waals surface area contributed by atoms with Gasteiger partial charge in [-0.3, -0.25) is 9.59 Å². The fourth-order valence-corrected chi connectivity index (χ4v) is 7.83. The SMILES string of the molecule is CC/C=C/C/C=C/CCCCCCCCCC(=O)OC(CCCC/C=C\C/C=C\C/C=C\CCCCC)CC(=O)NC(CO)C(O)CCCCCCCCCCCCCCCC. The van der Waals surface area contributed by atoms with Gasteiger partial charge in [0.1, 0.15) is 6.10 Å². The van der Waals surface area contributed by atoms with E-state index >= 15 is 0 Å². The van der Waals surface area contributed by atoms with Crippen molar-refractivity contribution in [1.29, 1.82) is 0 Å². The molecule has 0 saturated carbocycles. The van der Waals surface area contributed by atoms with E-state index in [0.717, 1.165) is 89.9 Å². The van der Waals surface area contributed by atoms with E-state index in [1.807, 2.05) is 0 Å². The molecule has 0 heterocycles. The number of ether oxygens (including phenoxy) is 1. The molecule has 3 atom stereocenters. The van der Waals surface area contributed by atoms with Gasteiger partial charge in [-0.05, 0) is 89.9 Å². The van der Waals surface area contributed by atoms with Gasteiger partial charge in [0.15, 0.2) is 0 Å². The van der Waals surface area contributed by atoms with E-state index < -0.39 is 18.2 Å². The zero-order valence-electron chi connectivity index (χ0n) is 41.0. The van der Waals surface area contributed by atoms with E-state index in [0.29, 0.717) is 19.3 Å². The van der Waals surface area contributed by atoms with E-state index in [2.05, 4.69) is 86.8 Å². The van der Waals surface area contributed by atoms with Gasteiger partial charge < -0.3 is 20.3 Å². The standard InChI is InChI=1S/C56H101NO5/c1-4-7-10-13-16-19-22-25-28-29-32-35-38-41-44-47-52(62-56(61)49-46-43-40-37-34-31-27-24-21-18-15-12-9-6-3)50-55(60)57-53(51-58)54(59)48-45-42-39-36-33-30-26-23-20-17-14-11-8-5-2/h9,12,16,18-19,21,25,28,32,35,52-54,58-59H,4-8,10-11,13-15,17,20,22-24,26-27,29-31,33-34,36-51H2,1-3H3,(H,57,60)/b12-9+,19-16-,21-18+,28-25-,35-32-. The van der Waals surface area contributed by atoms with Gasteiger partial charge in [-0.1, -0.05) is 216 Å². The van der Waals surface area contributed by atoms with Crippen LogP contribution in [0, 0.1) is 0 Å². The molecule has 6 nitrogen and oxygen atoms in total. The van der Waals surface area contributed by atoms with Crippen LogP contribution in [0.5, 0.6) is 0 Å². The zero-order chi connectivity index (χ0) is 45.2. The third-order valence-corrected chi connectivity index (χ3v) is 11.8. The smallest absolute Gasteiger partial charge is 0.306 e. The van der Waals surface area contributed by atoms with Crippen LogP contribution in [0.1, 0.15) is 258 Å². The lowest BCUT2D eigenvalue weighted by atomic mass is 10.0. The minimum absolute atomic E-state index is 0.0477. The van der Waals surface area contributed by atoms with Crippen molar-refractivity contribution in [1.82, 2.24) is 5.32 Å². The molecule has 0 aromatic heterocycles. The number of amides is 1. The van der Waals surface area contributed by atoms with Crippen LogP contribution < -0.4 is 5.32 Å². The van der Waals surface area contributed by atoms with Crippen molar-refractivity contribution >= 4 is 11.9 Å². The molecule has 1 amide bonds. The van der Waals surface area contributed by atoms with Crippen LogP contribution in [-0.4, -0.2) is 46.9 Å². The number of aliphatic hydroxyl groups excluding tert-OH is 2. The molecule has 360 valence electrons. The Bertz CT molecular complexity index is 1110. The predicted molar refractivity (Wildman–Crippen MR) is 268 cm³/mol. The van der Waals surface area contributed by atoms with E-state index in [1.165, 1.54) is 122 Å². The lowest BCUT2D eigenvalue weighted by molar-refractivity contribution is -0.151. The molecule has 0 rings (SSSR count). The third kappa shape index (κ3) is 44.2. The molecule has 3 unspecified atom stereocenters. The highest BCUT2D eigenvalue weighted by Crippen LogP contribution is 2.17. The van der Waals surface area contributed by atoms with Crippen LogP contribution in [0.2, 0.25) is 0 Å². The Kier molecular flexibility index (Phi) is 47.6. The third-order valence-electron chi connectivity index (χ3n) is 11.8. The van der Waals surface area contributed by atoms with Crippen molar-refractivity contribution in [3.8, 4) is 0 Å². The van der Waals surface area contributed by atoms with Crippen LogP contribution in [0.4, 0.5) is 0 Å². The van der Waals surface area contributed by atoms with Gasteiger partial charge in [-0.15, -0.1) is 0 Å². The monoisotopic (exact) mass is 868 g/mol. The van der Waals surface area contributed by atoms with Gasteiger partial charge in [0.05, 0.1) is 25.2 Å². The normalized spacial score (nSPS) is 13.7. The predicted octanol–water partition coefficient (Wildman–Crippen LogP) is 16.0. The first-order valence-corrected chi connectivity index (χ1v) is 26.5. The highest BCUT2D eigenvalue weighted by molar-refractivity contribution is 5.77. The molecular weight excluding hydrogens is 767 g/mol. The summed E-state index contributed by atoms with van der Waals surface area (Å²) >= 11 is 0. The number of hydrogen-bond donors (Lipinski definition) is 3. The van der Waals surface area contributed by atoms with Crippen LogP contribution in [0.25, 0.3) is 0 Å². The highest BCUT2D eigenvalue weighted by Gasteiger charge is 2.24. The Morgan fingerprint density at radius 2 is 0.871 bits per heavy atom. The fraction of sp³-hybridized carbons (Fsp3) is 0.786. The van der Waals surface area contributed by atoms with Crippen molar-refractivity contribution in [2.24, 2.45) is 0 Å². The number of nitrogens with one attached hydrogen (secondary N) is 1. The van der Waals surface area contributed by atoms with Gasteiger partial charge in [0.25, 0.3) is 0 Å². The molecule has 62 heavy (non-hydrogen) atoms. The number of allylic oxidation sites excluding steroid dienone is 10. The maximum absolute atomic E-state index is 13.2. The van der Waals surface area contributed by atoms with Crippen molar-refractivity contribution in [3.63, 3.8) is 0 Å². The summed E-state index contributed by atoms with van der Waals surface area (Å²) in [6.07, 6.45) is 61.4. The summed E-state index contributed by atoms with van der Waals surface area (Å²) in [5, 5.41) is 23.8. The first-order valence-electron chi connectivity index (χ1n) is 26.5. The average Bonchev–Trinajstić information content (AvgIpc) is 3.26. The first-order chi connectivity index (χ1) is 30.5. The van der Waals surface area contributed by atoms with Gasteiger partial charge in [0, 0.05) is 6.42 Å². The molecule has 0 aliphatic rings. The molecule has 0 spiro atoms. The molecule has 0 saturated heterocycles. The van der Waals surface area contributed by atoms with E-state index in [-0.39, 0.29) is 24.9 Å². The van der Waals surface area contributed by atoms with E-state index in [9.17, 15) is 19.8 Å². The molecule has 6 heteroatoms. The number of carbonyl (C=O) groups excluding carboxylic acids is 2. The Balaban J connectivity index is 4.64. The topological polar surface area (TPSA) is 95.9 Å². The second-order valence-corrected chi connectivity index (χ2v) is 17.9. The highest BCUT2D eigenvalue weighted by atomic mass is 16.5. The second kappa shape index (κ2) is 49.6. The van der Waals surface area contributed by atoms with Gasteiger partial charge >= 0.3 is 5.97 Å². The summed E-state index contributed by atoms with van der Waals surface area (Å²) in [5.74, 6) is -0.518. The molecule has 0 aliphatic carbocycles. The summed E-state index contributed by atoms with van der Waals surface area (Å²) in [6, 6.07) is -0.716. The van der Waals surface area contributed by atoms with E-state index in [4.69, 9.17) is 4.74 Å². The lowest BCUT2D eigenvalue weighted by Crippen LogP contribution is -2.46. The number of aliphatic hydroxyl groups is 2. The van der Waals surface area contributed by atoms with Gasteiger partial charge in [-0.2, -0.15) is 0 Å². The summed E-state index contributed by atoms with van der Waals surface area (Å²) in [6.45, 7) is 6.35. The summed E-state index contributed by atoms with van der Waals surface area (Å²) in [4.78, 5) is 26.2. The van der Waals surface area contributed by atoms with Crippen LogP contribution in [0.3, 0.4) is 0 Å². The molecule has 0 fully saturated rings. The zero-order valence-corrected chi connectivity index (χ0v) is 41.0. The van der Waals surface area contributed by atoms with Crippen LogP contribution in [-0.2, 0) is 14.3 Å². The van der Waals surface area contributed by atoms with Crippen molar-refractivity contribution in [3.05, 3.63) is 60.8 Å². The first kappa shape index (κ1) is 59.6. The van der Waals surface area contributed by atoms with Crippen molar-refractivity contribution in [2.45, 2.75) is 277 Å². The van der Waals surface area contributed by atoms with Crippen molar-refractivity contribution in [2.75, 3.05) is 6.61 Å². The Labute approximate surface area is 384 Å². The Hall–Kier alpha value is -2.44. The summed E-state index contributed by atoms with van der Waals surface area (Å²) in [5.41, 5.74) is 0. The lowest BCUT2D eigenvalue weighted by Gasteiger charge is -2.24. The Morgan fingerprint density at radius 1 is 0.484 bits per heavy atom.